The van der Waals surface area contributed by atoms with Gasteiger partial charge in [-0.2, -0.15) is 18.4 Å². The fourth-order valence-electron chi connectivity index (χ4n) is 3.12. The van der Waals surface area contributed by atoms with Gasteiger partial charge in [-0.05, 0) is 49.3 Å². The molecule has 0 heterocycles. The monoisotopic (exact) mass is 311 g/mol. The van der Waals surface area contributed by atoms with Crippen LogP contribution < -0.4 is 11.1 Å². The lowest BCUT2D eigenvalue weighted by molar-refractivity contribution is -0.138. The second kappa shape index (κ2) is 7.12. The minimum atomic E-state index is -4.42. The zero-order valence-corrected chi connectivity index (χ0v) is 12.3. The molecule has 3 nitrogen and oxygen atoms in total. The Bertz CT molecular complexity index is 541. The lowest BCUT2D eigenvalue weighted by atomic mass is 9.79. The van der Waals surface area contributed by atoms with Crippen molar-refractivity contribution >= 4 is 0 Å². The van der Waals surface area contributed by atoms with E-state index in [2.05, 4.69) is 5.32 Å². The molecule has 22 heavy (non-hydrogen) atoms. The first-order valence-electron chi connectivity index (χ1n) is 7.50. The number of rotatable bonds is 4. The summed E-state index contributed by atoms with van der Waals surface area (Å²) in [6.07, 6.45) is -1.28. The third-order valence-electron chi connectivity index (χ3n) is 4.23. The molecule has 3 N–H and O–H groups in total. The highest BCUT2D eigenvalue weighted by Gasteiger charge is 2.36. The average molecular weight is 311 g/mol. The fourth-order valence-corrected chi connectivity index (χ4v) is 3.12. The molecule has 0 atom stereocenters. The van der Waals surface area contributed by atoms with Crippen LogP contribution in [0.5, 0.6) is 0 Å². The molecule has 0 aliphatic heterocycles. The van der Waals surface area contributed by atoms with Crippen LogP contribution in [0.4, 0.5) is 13.2 Å². The SMILES string of the molecule is N#Cc1ccc(C2CCC(NCCN)CC2)c(C(F)(F)F)c1. The van der Waals surface area contributed by atoms with E-state index in [-0.39, 0.29) is 11.5 Å². The summed E-state index contributed by atoms with van der Waals surface area (Å²) in [6, 6.07) is 6.03. The van der Waals surface area contributed by atoms with Crippen LogP contribution in [0.15, 0.2) is 18.2 Å². The predicted molar refractivity (Wildman–Crippen MR) is 78.2 cm³/mol. The molecule has 1 aliphatic carbocycles. The molecule has 1 aromatic rings. The van der Waals surface area contributed by atoms with Crippen molar-refractivity contribution < 1.29 is 13.2 Å². The van der Waals surface area contributed by atoms with Crippen LogP contribution >= 0.6 is 0 Å². The van der Waals surface area contributed by atoms with Crippen LogP contribution in [-0.2, 0) is 6.18 Å². The number of hydrogen-bond acceptors (Lipinski definition) is 3. The van der Waals surface area contributed by atoms with E-state index in [0.717, 1.165) is 38.3 Å². The highest BCUT2D eigenvalue weighted by Crippen LogP contribution is 2.41. The van der Waals surface area contributed by atoms with Gasteiger partial charge in [0, 0.05) is 19.1 Å². The topological polar surface area (TPSA) is 61.8 Å². The maximum Gasteiger partial charge on any atom is 0.416 e. The van der Waals surface area contributed by atoms with Crippen LogP contribution in [0.2, 0.25) is 0 Å². The van der Waals surface area contributed by atoms with Gasteiger partial charge in [-0.25, -0.2) is 0 Å². The molecule has 0 bridgehead atoms. The molecule has 6 heteroatoms. The summed E-state index contributed by atoms with van der Waals surface area (Å²) in [4.78, 5) is 0. The second-order valence-corrected chi connectivity index (χ2v) is 5.70. The Morgan fingerprint density at radius 3 is 2.45 bits per heavy atom. The Morgan fingerprint density at radius 1 is 1.23 bits per heavy atom. The smallest absolute Gasteiger partial charge is 0.329 e. The van der Waals surface area contributed by atoms with Gasteiger partial charge in [-0.1, -0.05) is 6.07 Å². The lowest BCUT2D eigenvalue weighted by Crippen LogP contribution is -2.36. The van der Waals surface area contributed by atoms with Crippen LogP contribution in [0.25, 0.3) is 0 Å². The van der Waals surface area contributed by atoms with Gasteiger partial charge in [0.2, 0.25) is 0 Å². The van der Waals surface area contributed by atoms with Crippen LogP contribution in [0.3, 0.4) is 0 Å². The maximum absolute atomic E-state index is 13.2. The maximum atomic E-state index is 13.2. The zero-order chi connectivity index (χ0) is 16.2. The molecule has 1 aromatic carbocycles. The number of nitrogens with two attached hydrogens (primary N) is 1. The molecule has 0 saturated heterocycles. The summed E-state index contributed by atoms with van der Waals surface area (Å²) in [5, 5.41) is 12.1. The number of hydrogen-bond donors (Lipinski definition) is 2. The van der Waals surface area contributed by atoms with Crippen LogP contribution in [0, 0.1) is 11.3 Å². The van der Waals surface area contributed by atoms with E-state index in [1.807, 2.05) is 0 Å². The quantitative estimate of drug-likeness (QED) is 0.898. The lowest BCUT2D eigenvalue weighted by Gasteiger charge is -2.31. The number of nitriles is 1. The number of nitrogens with zero attached hydrogens (tertiary/aromatic N) is 1. The standard InChI is InChI=1S/C16H20F3N3/c17-16(18,19)15-9-11(10-21)1-6-14(15)12-2-4-13(5-3-12)22-8-7-20/h1,6,9,12-13,22H,2-5,7-8,20H2. The van der Waals surface area contributed by atoms with Crippen molar-refractivity contribution in [2.45, 2.75) is 43.8 Å². The molecule has 1 saturated carbocycles. The van der Waals surface area contributed by atoms with Gasteiger partial charge < -0.3 is 11.1 Å². The van der Waals surface area contributed by atoms with Crippen LogP contribution in [0.1, 0.15) is 48.3 Å². The Kier molecular flexibility index (Phi) is 5.43. The summed E-state index contributed by atoms with van der Waals surface area (Å²) in [5.74, 6) is -0.0969. The molecule has 1 fully saturated rings. The van der Waals surface area contributed by atoms with Crippen molar-refractivity contribution in [2.75, 3.05) is 13.1 Å². The van der Waals surface area contributed by atoms with Crippen molar-refractivity contribution in [2.24, 2.45) is 5.73 Å². The van der Waals surface area contributed by atoms with Gasteiger partial charge in [-0.3, -0.25) is 0 Å². The minimum Gasteiger partial charge on any atom is -0.329 e. The summed E-state index contributed by atoms with van der Waals surface area (Å²) in [5.41, 5.74) is 5.16. The Hall–Kier alpha value is -1.58. The normalized spacial score (nSPS) is 22.3. The summed E-state index contributed by atoms with van der Waals surface area (Å²) < 4.78 is 39.7. The van der Waals surface area contributed by atoms with E-state index >= 15 is 0 Å². The van der Waals surface area contributed by atoms with E-state index in [1.165, 1.54) is 12.1 Å². The van der Waals surface area contributed by atoms with Gasteiger partial charge in [0.05, 0.1) is 17.2 Å². The highest BCUT2D eigenvalue weighted by atomic mass is 19.4. The van der Waals surface area contributed by atoms with Gasteiger partial charge >= 0.3 is 6.18 Å². The first kappa shape index (κ1) is 16.8. The molecule has 0 spiro atoms. The number of nitrogens with one attached hydrogen (secondary N) is 1. The molecular formula is C16H20F3N3. The Balaban J connectivity index is 2.15. The number of halogens is 3. The first-order valence-corrected chi connectivity index (χ1v) is 7.50. The third kappa shape index (κ3) is 3.99. The van der Waals surface area contributed by atoms with Crippen LogP contribution in [-0.4, -0.2) is 19.1 Å². The molecule has 0 radical (unpaired) electrons. The summed E-state index contributed by atoms with van der Waals surface area (Å²) in [6.45, 7) is 1.30. The fraction of sp³-hybridized carbons (Fsp3) is 0.562. The molecule has 0 amide bonds. The Labute approximate surface area is 128 Å². The average Bonchev–Trinajstić information content (AvgIpc) is 2.52. The van der Waals surface area contributed by atoms with Crippen molar-refractivity contribution in [3.63, 3.8) is 0 Å². The summed E-state index contributed by atoms with van der Waals surface area (Å²) >= 11 is 0. The third-order valence-corrected chi connectivity index (χ3v) is 4.23. The predicted octanol–water partition coefficient (Wildman–Crippen LogP) is 3.15. The van der Waals surface area contributed by atoms with Gasteiger partial charge in [-0.15, -0.1) is 0 Å². The van der Waals surface area contributed by atoms with Gasteiger partial charge in [0.25, 0.3) is 0 Å². The van der Waals surface area contributed by atoms with Crippen molar-refractivity contribution in [3.8, 4) is 6.07 Å². The van der Waals surface area contributed by atoms with E-state index in [4.69, 9.17) is 11.0 Å². The van der Waals surface area contributed by atoms with Crippen molar-refractivity contribution in [3.05, 3.63) is 34.9 Å². The molecule has 120 valence electrons. The van der Waals surface area contributed by atoms with Crippen molar-refractivity contribution in [1.29, 1.82) is 5.26 Å². The highest BCUT2D eigenvalue weighted by molar-refractivity contribution is 5.41. The minimum absolute atomic E-state index is 0.0503. The molecule has 0 aromatic heterocycles. The van der Waals surface area contributed by atoms with E-state index in [0.29, 0.717) is 18.2 Å². The molecular weight excluding hydrogens is 291 g/mol. The van der Waals surface area contributed by atoms with E-state index in [9.17, 15) is 13.2 Å². The number of alkyl halides is 3. The van der Waals surface area contributed by atoms with E-state index < -0.39 is 11.7 Å². The zero-order valence-electron chi connectivity index (χ0n) is 12.3. The first-order chi connectivity index (χ1) is 10.5. The van der Waals surface area contributed by atoms with Crippen molar-refractivity contribution in [1.82, 2.24) is 5.32 Å². The van der Waals surface area contributed by atoms with E-state index in [1.54, 1.807) is 6.07 Å². The summed E-state index contributed by atoms with van der Waals surface area (Å²) in [7, 11) is 0. The molecule has 1 aliphatic rings. The molecule has 0 unspecified atom stereocenters. The second-order valence-electron chi connectivity index (χ2n) is 5.70. The largest absolute Gasteiger partial charge is 0.416 e. The number of benzene rings is 1. The van der Waals surface area contributed by atoms with Gasteiger partial charge in [0.15, 0.2) is 0 Å². The molecule has 2 rings (SSSR count). The van der Waals surface area contributed by atoms with Gasteiger partial charge in [0.1, 0.15) is 0 Å². The Morgan fingerprint density at radius 2 is 1.91 bits per heavy atom.